The van der Waals surface area contributed by atoms with Gasteiger partial charge in [-0.3, -0.25) is 0 Å². The van der Waals surface area contributed by atoms with Gasteiger partial charge in [0.05, 0.1) is 38.2 Å². The van der Waals surface area contributed by atoms with Gasteiger partial charge in [-0.05, 0) is 6.07 Å². The predicted octanol–water partition coefficient (Wildman–Crippen LogP) is 5.25. The Morgan fingerprint density at radius 1 is 0.176 bits per heavy atom. The molecule has 1 heterocycles. The average molecular weight is 1030 g/mol. The van der Waals surface area contributed by atoms with Crippen LogP contribution in [0.5, 0.6) is 155 Å². The molecule has 28 nitrogen and oxygen atoms in total. The zero-order chi connectivity index (χ0) is 54.4. The number of fused-ring (bicyclic) bond motifs is 7. The Hall–Kier alpha value is -11.6. The smallest absolute Gasteiger partial charge is 0.208 e. The molecule has 0 aliphatic rings. The molecule has 10 rings (SSSR count). The van der Waals surface area contributed by atoms with E-state index in [-0.39, 0.29) is 0 Å². The van der Waals surface area contributed by atoms with Crippen LogP contribution >= 0.6 is 0 Å². The van der Waals surface area contributed by atoms with Gasteiger partial charge >= 0.3 is 0 Å². The molecule has 1 aromatic heterocycles. The molecule has 380 valence electrons. The molecule has 0 amide bonds. The van der Waals surface area contributed by atoms with Crippen molar-refractivity contribution in [2.75, 3.05) is 0 Å². The lowest BCUT2D eigenvalue weighted by molar-refractivity contribution is 0.329. The first-order valence-electron chi connectivity index (χ1n) is 20.0. The third-order valence-corrected chi connectivity index (χ3v) is 12.8. The summed E-state index contributed by atoms with van der Waals surface area (Å²) in [5, 5.41) is 292. The molecule has 0 atom stereocenters. The topological polar surface area (TPSA) is 559 Å². The second kappa shape index (κ2) is 14.3. The molecule has 10 aromatic rings. The van der Waals surface area contributed by atoms with Gasteiger partial charge in [0, 0.05) is 49.0 Å². The van der Waals surface area contributed by atoms with Gasteiger partial charge in [0.25, 0.3) is 0 Å². The van der Waals surface area contributed by atoms with Crippen molar-refractivity contribution in [3.05, 3.63) is 6.07 Å². The standard InChI is InChI=1S/C46H28O28/c47-3-1-2-4(25(54)20(3)49)21(50)17-18-24(53)13(34(63)44(73)46(18)74-45(17)19(2)48)6-10-8(26(55)35(64)37(66)28(10)57)5(9-11(6)29(58)38(67)36(65)27(9)56)7-12-14(31(60)40(69)39(68)30(12)59)23(52)15(22(7)51)16-32(61)41(70)43(72)42(71)33(16)62/h1,47-73H. The lowest BCUT2D eigenvalue weighted by Crippen LogP contribution is -1.98. The largest absolute Gasteiger partial charge is 0.506 e. The zero-order valence-corrected chi connectivity index (χ0v) is 35.6. The highest BCUT2D eigenvalue weighted by molar-refractivity contribution is 6.34. The summed E-state index contributed by atoms with van der Waals surface area (Å²) in [4.78, 5) is 0. The maximum atomic E-state index is 12.4. The van der Waals surface area contributed by atoms with Crippen LogP contribution in [0.25, 0.3) is 98.4 Å². The van der Waals surface area contributed by atoms with Crippen LogP contribution in [-0.4, -0.2) is 138 Å². The summed E-state index contributed by atoms with van der Waals surface area (Å²) >= 11 is 0. The minimum absolute atomic E-state index is 0.621. The molecule has 74 heavy (non-hydrogen) atoms. The SMILES string of the molecule is Oc1cc2c(O)c3oc4c(O)c(O)c(-c5c6c(O)c(O)c(O)c(O)c6c(-c6c(O)c(-c7c(O)c(O)c(O)c(O)c7O)c(O)c7c(O)c(O)c(O)c(O)c67)c6c(O)c(O)c(O)c(O)c56)c(O)c4c3c(O)c2c(O)c1O. The van der Waals surface area contributed by atoms with Crippen LogP contribution in [0.4, 0.5) is 0 Å². The van der Waals surface area contributed by atoms with Crippen molar-refractivity contribution in [2.45, 2.75) is 0 Å². The third-order valence-electron chi connectivity index (χ3n) is 12.8. The Kier molecular flexibility index (Phi) is 8.89. The molecule has 0 saturated heterocycles. The minimum Gasteiger partial charge on any atom is -0.506 e. The van der Waals surface area contributed by atoms with E-state index in [9.17, 15) is 138 Å². The van der Waals surface area contributed by atoms with Crippen LogP contribution in [0.1, 0.15) is 0 Å². The molecular weight excluding hydrogens is 1000 g/mol. The Morgan fingerprint density at radius 2 is 0.459 bits per heavy atom. The van der Waals surface area contributed by atoms with Gasteiger partial charge in [-0.25, -0.2) is 0 Å². The van der Waals surface area contributed by atoms with E-state index in [1.807, 2.05) is 0 Å². The first-order chi connectivity index (χ1) is 34.6. The van der Waals surface area contributed by atoms with E-state index in [0.29, 0.717) is 6.07 Å². The number of phenolic OH excluding ortho intramolecular Hbond substituents is 27. The van der Waals surface area contributed by atoms with Crippen molar-refractivity contribution in [3.8, 4) is 189 Å². The van der Waals surface area contributed by atoms with Gasteiger partial charge < -0.3 is 142 Å². The van der Waals surface area contributed by atoms with E-state index in [2.05, 4.69) is 0 Å². The molecule has 0 bridgehead atoms. The van der Waals surface area contributed by atoms with E-state index in [4.69, 9.17) is 4.42 Å². The number of hydrogen-bond acceptors (Lipinski definition) is 28. The molecule has 0 unspecified atom stereocenters. The fourth-order valence-corrected chi connectivity index (χ4v) is 9.41. The quantitative estimate of drug-likeness (QED) is 0.0610. The highest BCUT2D eigenvalue weighted by atomic mass is 16.4. The summed E-state index contributed by atoms with van der Waals surface area (Å²) in [6.45, 7) is 0. The van der Waals surface area contributed by atoms with E-state index in [0.717, 1.165) is 0 Å². The van der Waals surface area contributed by atoms with Crippen molar-refractivity contribution in [1.29, 1.82) is 0 Å². The molecule has 0 fully saturated rings. The van der Waals surface area contributed by atoms with Crippen LogP contribution in [0.15, 0.2) is 10.5 Å². The Labute approximate surface area is 401 Å². The fraction of sp³-hybridized carbons (Fsp3) is 0. The van der Waals surface area contributed by atoms with Gasteiger partial charge in [0.2, 0.25) is 63.2 Å². The van der Waals surface area contributed by atoms with E-state index in [1.165, 1.54) is 0 Å². The average Bonchev–Trinajstić information content (AvgIpc) is 3.78. The summed E-state index contributed by atoms with van der Waals surface area (Å²) in [5.74, 6) is -44.6. The second-order valence-electron chi connectivity index (χ2n) is 16.4. The molecule has 9 aromatic carbocycles. The number of rotatable bonds is 3. The molecular formula is C46H28O28. The van der Waals surface area contributed by atoms with E-state index < -0.39 is 254 Å². The van der Waals surface area contributed by atoms with Crippen molar-refractivity contribution in [1.82, 2.24) is 0 Å². The predicted molar refractivity (Wildman–Crippen MR) is 245 cm³/mol. The van der Waals surface area contributed by atoms with Crippen LogP contribution in [0.3, 0.4) is 0 Å². The van der Waals surface area contributed by atoms with Crippen molar-refractivity contribution < 1.29 is 142 Å². The Balaban J connectivity index is 1.55. The van der Waals surface area contributed by atoms with Gasteiger partial charge in [0.1, 0.15) is 23.0 Å². The minimum atomic E-state index is -1.88. The zero-order valence-electron chi connectivity index (χ0n) is 35.6. The highest BCUT2D eigenvalue weighted by Gasteiger charge is 2.41. The van der Waals surface area contributed by atoms with Gasteiger partial charge in [-0.15, -0.1) is 0 Å². The second-order valence-corrected chi connectivity index (χ2v) is 16.4. The third kappa shape index (κ3) is 5.11. The monoisotopic (exact) mass is 1030 g/mol. The lowest BCUT2D eigenvalue weighted by atomic mass is 9.80. The Bertz CT molecular complexity index is 4270. The molecule has 0 spiro atoms. The Morgan fingerprint density at radius 3 is 0.905 bits per heavy atom. The maximum absolute atomic E-state index is 12.4. The molecule has 0 aliphatic carbocycles. The molecule has 0 saturated carbocycles. The first kappa shape index (κ1) is 46.2. The van der Waals surface area contributed by atoms with Gasteiger partial charge in [-0.2, -0.15) is 0 Å². The molecule has 27 N–H and O–H groups in total. The first-order valence-corrected chi connectivity index (χ1v) is 20.0. The number of furan rings is 1. The summed E-state index contributed by atoms with van der Waals surface area (Å²) in [6, 6.07) is 0.621. The van der Waals surface area contributed by atoms with Crippen molar-refractivity contribution in [3.63, 3.8) is 0 Å². The van der Waals surface area contributed by atoms with Crippen molar-refractivity contribution >= 4 is 65.0 Å². The number of phenols is 27. The lowest BCUT2D eigenvalue weighted by Gasteiger charge is -2.26. The summed E-state index contributed by atoms with van der Waals surface area (Å²) in [7, 11) is 0. The summed E-state index contributed by atoms with van der Waals surface area (Å²) in [6.07, 6.45) is 0. The van der Waals surface area contributed by atoms with Gasteiger partial charge in [0.15, 0.2) is 80.2 Å². The van der Waals surface area contributed by atoms with Crippen LogP contribution in [0.2, 0.25) is 0 Å². The van der Waals surface area contributed by atoms with E-state index >= 15 is 0 Å². The number of aromatic hydroxyl groups is 27. The van der Waals surface area contributed by atoms with Crippen LogP contribution in [0, 0.1) is 0 Å². The molecule has 28 heteroatoms. The van der Waals surface area contributed by atoms with Gasteiger partial charge in [-0.1, -0.05) is 0 Å². The summed E-state index contributed by atoms with van der Waals surface area (Å²) < 4.78 is 5.52. The number of benzene rings is 9. The summed E-state index contributed by atoms with van der Waals surface area (Å²) in [5.41, 5.74) is -11.1. The normalized spacial score (nSPS) is 11.9. The maximum Gasteiger partial charge on any atom is 0.208 e. The highest BCUT2D eigenvalue weighted by Crippen LogP contribution is 2.70. The van der Waals surface area contributed by atoms with E-state index in [1.54, 1.807) is 0 Å². The van der Waals surface area contributed by atoms with Crippen molar-refractivity contribution in [2.24, 2.45) is 0 Å². The molecule has 0 aliphatic heterocycles. The number of hydrogen-bond donors (Lipinski definition) is 27. The van der Waals surface area contributed by atoms with Crippen LogP contribution in [-0.2, 0) is 0 Å². The molecule has 0 radical (unpaired) electrons. The van der Waals surface area contributed by atoms with Crippen LogP contribution < -0.4 is 0 Å². The fourth-order valence-electron chi connectivity index (χ4n) is 9.41.